The maximum absolute atomic E-state index is 12.6. The number of pyridine rings is 1. The van der Waals surface area contributed by atoms with Gasteiger partial charge in [-0.1, -0.05) is 28.1 Å². The molecule has 0 atom stereocenters. The lowest BCUT2D eigenvalue weighted by molar-refractivity contribution is 0.0997. The number of carbonyl (C=O) groups is 1. The summed E-state index contributed by atoms with van der Waals surface area (Å²) in [6, 6.07) is 20.1. The molecule has 0 unspecified atom stereocenters. The summed E-state index contributed by atoms with van der Waals surface area (Å²) in [5, 5.41) is 2.84. The lowest BCUT2D eigenvalue weighted by atomic mass is 10.2. The van der Waals surface area contributed by atoms with Crippen molar-refractivity contribution in [3.8, 4) is 22.8 Å². The number of hydrogen-bond acceptors (Lipinski definition) is 5. The Balaban J connectivity index is 1.36. The third kappa shape index (κ3) is 3.62. The largest absolute Gasteiger partial charge is 0.451 e. The molecule has 2 aromatic carbocycles. The second-order valence-corrected chi connectivity index (χ2v) is 7.48. The van der Waals surface area contributed by atoms with Gasteiger partial charge in [0.05, 0.1) is 5.56 Å². The summed E-state index contributed by atoms with van der Waals surface area (Å²) in [6.45, 7) is 0. The normalized spacial score (nSPS) is 11.0. The zero-order valence-electron chi connectivity index (χ0n) is 15.5. The number of amides is 1. The average Bonchev–Trinajstić information content (AvgIpc) is 3.42. The van der Waals surface area contributed by atoms with Crippen LogP contribution in [0.1, 0.15) is 10.6 Å². The molecule has 0 saturated heterocycles. The summed E-state index contributed by atoms with van der Waals surface area (Å²) in [4.78, 5) is 21.2. The molecule has 5 aromatic rings. The van der Waals surface area contributed by atoms with Crippen molar-refractivity contribution in [2.45, 2.75) is 0 Å². The van der Waals surface area contributed by atoms with Crippen LogP contribution in [0.4, 0.5) is 5.69 Å². The highest BCUT2D eigenvalue weighted by Crippen LogP contribution is 2.27. The molecule has 0 fully saturated rings. The topological polar surface area (TPSA) is 81.2 Å². The number of anilines is 1. The SMILES string of the molecule is O=C(Nc1ccc2oc(-c3cccnc3)nc2c1)c1ccc(-c2ccc(Br)cc2)o1. The number of fused-ring (bicyclic) bond motifs is 1. The molecule has 146 valence electrons. The molecule has 0 spiro atoms. The molecule has 0 aliphatic heterocycles. The molecule has 1 N–H and O–H groups in total. The third-order valence-electron chi connectivity index (χ3n) is 4.51. The Kier molecular flexibility index (Phi) is 4.65. The number of rotatable bonds is 4. The standard InChI is InChI=1S/C23H14BrN3O3/c24-16-5-3-14(4-6-16)19-9-10-21(29-19)22(28)26-17-7-8-20-18(12-17)27-23(30-20)15-2-1-11-25-13-15/h1-13H,(H,26,28). The van der Waals surface area contributed by atoms with E-state index in [1.54, 1.807) is 42.7 Å². The van der Waals surface area contributed by atoms with Gasteiger partial charge >= 0.3 is 0 Å². The summed E-state index contributed by atoms with van der Waals surface area (Å²) in [6.07, 6.45) is 3.38. The fourth-order valence-electron chi connectivity index (χ4n) is 3.04. The predicted molar refractivity (Wildman–Crippen MR) is 117 cm³/mol. The molecular weight excluding hydrogens is 446 g/mol. The van der Waals surface area contributed by atoms with E-state index < -0.39 is 0 Å². The Hall–Kier alpha value is -3.71. The summed E-state index contributed by atoms with van der Waals surface area (Å²) in [7, 11) is 0. The number of aromatic nitrogens is 2. The van der Waals surface area contributed by atoms with Gasteiger partial charge in [0.1, 0.15) is 11.3 Å². The zero-order chi connectivity index (χ0) is 20.5. The molecule has 5 rings (SSSR count). The lowest BCUT2D eigenvalue weighted by Gasteiger charge is -2.03. The minimum Gasteiger partial charge on any atom is -0.451 e. The van der Waals surface area contributed by atoms with E-state index in [1.807, 2.05) is 36.4 Å². The molecule has 0 radical (unpaired) electrons. The molecule has 0 aliphatic rings. The van der Waals surface area contributed by atoms with Crippen LogP contribution in [0.3, 0.4) is 0 Å². The van der Waals surface area contributed by atoms with Gasteiger partial charge in [-0.2, -0.15) is 0 Å². The highest BCUT2D eigenvalue weighted by Gasteiger charge is 2.14. The Morgan fingerprint density at radius 1 is 0.933 bits per heavy atom. The zero-order valence-corrected chi connectivity index (χ0v) is 17.1. The van der Waals surface area contributed by atoms with Crippen molar-refractivity contribution >= 4 is 38.6 Å². The molecule has 1 amide bonds. The van der Waals surface area contributed by atoms with E-state index in [0.29, 0.717) is 28.4 Å². The smallest absolute Gasteiger partial charge is 0.291 e. The van der Waals surface area contributed by atoms with Crippen LogP contribution in [0.5, 0.6) is 0 Å². The fourth-order valence-corrected chi connectivity index (χ4v) is 3.30. The van der Waals surface area contributed by atoms with Crippen LogP contribution in [-0.2, 0) is 0 Å². The minimum absolute atomic E-state index is 0.226. The molecule has 0 bridgehead atoms. The molecule has 6 nitrogen and oxygen atoms in total. The van der Waals surface area contributed by atoms with Gasteiger partial charge in [-0.25, -0.2) is 4.98 Å². The second-order valence-electron chi connectivity index (χ2n) is 6.57. The van der Waals surface area contributed by atoms with E-state index in [-0.39, 0.29) is 11.7 Å². The molecule has 0 saturated carbocycles. The maximum Gasteiger partial charge on any atom is 0.291 e. The fraction of sp³-hybridized carbons (Fsp3) is 0. The Labute approximate surface area is 179 Å². The van der Waals surface area contributed by atoms with E-state index in [0.717, 1.165) is 15.6 Å². The van der Waals surface area contributed by atoms with Crippen molar-refractivity contribution in [1.82, 2.24) is 9.97 Å². The molecule has 3 aromatic heterocycles. The number of benzene rings is 2. The molecule has 0 aliphatic carbocycles. The van der Waals surface area contributed by atoms with Crippen LogP contribution >= 0.6 is 15.9 Å². The summed E-state index contributed by atoms with van der Waals surface area (Å²) in [5.41, 5.74) is 3.55. The van der Waals surface area contributed by atoms with Crippen molar-refractivity contribution in [3.05, 3.63) is 89.4 Å². The first-order valence-corrected chi connectivity index (χ1v) is 9.93. The molecule has 30 heavy (non-hydrogen) atoms. The first kappa shape index (κ1) is 18.3. The van der Waals surface area contributed by atoms with Gasteiger partial charge < -0.3 is 14.2 Å². The molecule has 3 heterocycles. The van der Waals surface area contributed by atoms with Crippen molar-refractivity contribution in [3.63, 3.8) is 0 Å². The number of nitrogens with zero attached hydrogens (tertiary/aromatic N) is 2. The van der Waals surface area contributed by atoms with E-state index in [4.69, 9.17) is 8.83 Å². The summed E-state index contributed by atoms with van der Waals surface area (Å²) < 4.78 is 12.5. The van der Waals surface area contributed by atoms with E-state index in [2.05, 4.69) is 31.2 Å². The van der Waals surface area contributed by atoms with Crippen LogP contribution < -0.4 is 5.32 Å². The van der Waals surface area contributed by atoms with Crippen LogP contribution in [-0.4, -0.2) is 15.9 Å². The Morgan fingerprint density at radius 3 is 2.60 bits per heavy atom. The highest BCUT2D eigenvalue weighted by molar-refractivity contribution is 9.10. The first-order chi connectivity index (χ1) is 14.7. The van der Waals surface area contributed by atoms with Crippen molar-refractivity contribution in [1.29, 1.82) is 0 Å². The predicted octanol–water partition coefficient (Wildman–Crippen LogP) is 6.16. The van der Waals surface area contributed by atoms with Gasteiger partial charge in [0, 0.05) is 28.1 Å². The van der Waals surface area contributed by atoms with E-state index in [1.165, 1.54) is 0 Å². The first-order valence-electron chi connectivity index (χ1n) is 9.14. The Bertz CT molecular complexity index is 1340. The Morgan fingerprint density at radius 2 is 1.80 bits per heavy atom. The van der Waals surface area contributed by atoms with Crippen LogP contribution in [0, 0.1) is 0 Å². The van der Waals surface area contributed by atoms with Crippen molar-refractivity contribution in [2.24, 2.45) is 0 Å². The number of nitrogens with one attached hydrogen (secondary N) is 1. The van der Waals surface area contributed by atoms with Gasteiger partial charge in [0.25, 0.3) is 5.91 Å². The quantitative estimate of drug-likeness (QED) is 0.347. The molecule has 7 heteroatoms. The minimum atomic E-state index is -0.339. The molecular formula is C23H14BrN3O3. The van der Waals surface area contributed by atoms with Crippen molar-refractivity contribution < 1.29 is 13.6 Å². The third-order valence-corrected chi connectivity index (χ3v) is 5.04. The maximum atomic E-state index is 12.6. The van der Waals surface area contributed by atoms with Crippen LogP contribution in [0.15, 0.2) is 92.4 Å². The summed E-state index contributed by atoms with van der Waals surface area (Å²) >= 11 is 3.41. The number of oxazole rings is 1. The monoisotopic (exact) mass is 459 g/mol. The summed E-state index contributed by atoms with van der Waals surface area (Å²) in [5.74, 6) is 0.991. The van der Waals surface area contributed by atoms with E-state index >= 15 is 0 Å². The van der Waals surface area contributed by atoms with Crippen LogP contribution in [0.2, 0.25) is 0 Å². The van der Waals surface area contributed by atoms with Crippen molar-refractivity contribution in [2.75, 3.05) is 5.32 Å². The highest BCUT2D eigenvalue weighted by atomic mass is 79.9. The van der Waals surface area contributed by atoms with Gasteiger partial charge in [0.2, 0.25) is 5.89 Å². The average molecular weight is 460 g/mol. The van der Waals surface area contributed by atoms with Gasteiger partial charge in [-0.3, -0.25) is 9.78 Å². The van der Waals surface area contributed by atoms with E-state index in [9.17, 15) is 4.79 Å². The number of carbonyl (C=O) groups excluding carboxylic acids is 1. The van der Waals surface area contributed by atoms with Crippen LogP contribution in [0.25, 0.3) is 33.9 Å². The number of hydrogen-bond donors (Lipinski definition) is 1. The van der Waals surface area contributed by atoms with Gasteiger partial charge in [0.15, 0.2) is 11.3 Å². The van der Waals surface area contributed by atoms with Gasteiger partial charge in [-0.15, -0.1) is 0 Å². The lowest BCUT2D eigenvalue weighted by Crippen LogP contribution is -2.10. The second kappa shape index (κ2) is 7.61. The van der Waals surface area contributed by atoms with Gasteiger partial charge in [-0.05, 0) is 54.6 Å². The number of furan rings is 1. The number of halogens is 1.